The Labute approximate surface area is 137 Å². The molecule has 0 aromatic carbocycles. The van der Waals surface area contributed by atoms with Crippen molar-refractivity contribution < 1.29 is 0 Å². The molecule has 23 heavy (non-hydrogen) atoms. The van der Waals surface area contributed by atoms with Crippen LogP contribution >= 0.6 is 11.3 Å². The Bertz CT molecular complexity index is 1040. The number of aryl methyl sites for hydroxylation is 4. The third kappa shape index (κ3) is 2.09. The van der Waals surface area contributed by atoms with Crippen LogP contribution in [0.1, 0.15) is 34.1 Å². The Kier molecular flexibility index (Phi) is 3.06. The highest BCUT2D eigenvalue weighted by molar-refractivity contribution is 7.18. The van der Waals surface area contributed by atoms with E-state index in [4.69, 9.17) is 4.98 Å². The second-order valence-corrected chi connectivity index (χ2v) is 7.31. The lowest BCUT2D eigenvalue weighted by molar-refractivity contribution is 0.725. The lowest BCUT2D eigenvalue weighted by Gasteiger charge is -2.03. The Balaban J connectivity index is 1.94. The highest BCUT2D eigenvalue weighted by atomic mass is 32.1. The summed E-state index contributed by atoms with van der Waals surface area (Å²) in [6.45, 7) is 6.74. The summed E-state index contributed by atoms with van der Waals surface area (Å²) in [7, 11) is 1.93. The van der Waals surface area contributed by atoms with E-state index in [-0.39, 0.29) is 5.56 Å². The fraction of sp³-hybridized carbons (Fsp3) is 0.353. The van der Waals surface area contributed by atoms with Crippen molar-refractivity contribution in [2.45, 2.75) is 33.7 Å². The van der Waals surface area contributed by atoms with Crippen LogP contribution in [-0.2, 0) is 13.6 Å². The van der Waals surface area contributed by atoms with Gasteiger partial charge < -0.3 is 0 Å². The van der Waals surface area contributed by atoms with Crippen LogP contribution in [0, 0.1) is 20.8 Å². The van der Waals surface area contributed by atoms with Crippen LogP contribution in [-0.4, -0.2) is 19.3 Å². The van der Waals surface area contributed by atoms with E-state index in [0.717, 1.165) is 45.0 Å². The van der Waals surface area contributed by atoms with E-state index in [1.807, 2.05) is 43.1 Å². The van der Waals surface area contributed by atoms with Crippen molar-refractivity contribution in [3.05, 3.63) is 44.1 Å². The Morgan fingerprint density at radius 3 is 2.78 bits per heavy atom. The number of aromatic nitrogens is 4. The van der Waals surface area contributed by atoms with Gasteiger partial charge >= 0.3 is 0 Å². The second-order valence-electron chi connectivity index (χ2n) is 6.11. The van der Waals surface area contributed by atoms with E-state index >= 15 is 0 Å². The molecule has 0 amide bonds. The molecule has 0 saturated carbocycles. The normalized spacial score (nSPS) is 15.7. The van der Waals surface area contributed by atoms with Gasteiger partial charge in [0.2, 0.25) is 0 Å². The number of fused-ring (bicyclic) bond motifs is 2. The molecule has 4 heterocycles. The van der Waals surface area contributed by atoms with Crippen molar-refractivity contribution in [1.82, 2.24) is 19.3 Å². The van der Waals surface area contributed by atoms with Crippen molar-refractivity contribution in [3.8, 4) is 0 Å². The maximum absolute atomic E-state index is 12.8. The molecule has 118 valence electrons. The molecule has 3 aromatic rings. The molecule has 0 unspecified atom stereocenters. The van der Waals surface area contributed by atoms with E-state index < -0.39 is 0 Å². The number of allylic oxidation sites excluding steroid dienone is 1. The zero-order valence-corrected chi connectivity index (χ0v) is 14.5. The predicted octanol–water partition coefficient (Wildman–Crippen LogP) is 3.06. The first-order valence-corrected chi connectivity index (χ1v) is 8.49. The van der Waals surface area contributed by atoms with Crippen molar-refractivity contribution in [1.29, 1.82) is 0 Å². The van der Waals surface area contributed by atoms with Crippen LogP contribution in [0.2, 0.25) is 0 Å². The molecule has 0 N–H and O–H groups in total. The molecule has 4 rings (SSSR count). The van der Waals surface area contributed by atoms with Gasteiger partial charge in [0.05, 0.1) is 16.8 Å². The third-order valence-electron chi connectivity index (χ3n) is 4.54. The molecular formula is C17H18N4OS. The highest BCUT2D eigenvalue weighted by Gasteiger charge is 2.23. The zero-order valence-electron chi connectivity index (χ0n) is 13.7. The van der Waals surface area contributed by atoms with Gasteiger partial charge in [0, 0.05) is 18.5 Å². The summed E-state index contributed by atoms with van der Waals surface area (Å²) in [6.07, 6.45) is 2.94. The van der Waals surface area contributed by atoms with E-state index in [0.29, 0.717) is 6.54 Å². The molecular weight excluding hydrogens is 308 g/mol. The van der Waals surface area contributed by atoms with Gasteiger partial charge in [-0.2, -0.15) is 5.10 Å². The van der Waals surface area contributed by atoms with E-state index in [9.17, 15) is 4.79 Å². The molecule has 1 aliphatic heterocycles. The minimum Gasteiger partial charge on any atom is -0.292 e. The molecule has 0 atom stereocenters. The van der Waals surface area contributed by atoms with Crippen molar-refractivity contribution in [3.63, 3.8) is 0 Å². The smallest absolute Gasteiger partial charge is 0.262 e. The number of hydrogen-bond acceptors (Lipinski definition) is 4. The lowest BCUT2D eigenvalue weighted by Crippen LogP contribution is -2.20. The van der Waals surface area contributed by atoms with Crippen LogP contribution < -0.4 is 5.56 Å². The predicted molar refractivity (Wildman–Crippen MR) is 93.8 cm³/mol. The molecule has 0 bridgehead atoms. The molecule has 0 saturated heterocycles. The van der Waals surface area contributed by atoms with Crippen molar-refractivity contribution in [2.75, 3.05) is 0 Å². The molecule has 5 nitrogen and oxygen atoms in total. The SMILES string of the molecule is Cc1cc(C=C2CCn3c2nc2sc(C)c(C)c2c3=O)n(C)n1. The maximum Gasteiger partial charge on any atom is 0.262 e. The summed E-state index contributed by atoms with van der Waals surface area (Å²) >= 11 is 1.61. The summed E-state index contributed by atoms with van der Waals surface area (Å²) in [4.78, 5) is 19.6. The number of thiophene rings is 1. The molecule has 0 fully saturated rings. The number of nitrogens with zero attached hydrogens (tertiary/aromatic N) is 4. The van der Waals surface area contributed by atoms with Gasteiger partial charge in [-0.05, 0) is 50.5 Å². The Morgan fingerprint density at radius 2 is 2.09 bits per heavy atom. The number of hydrogen-bond donors (Lipinski definition) is 0. The molecule has 0 aliphatic carbocycles. The average molecular weight is 326 g/mol. The Morgan fingerprint density at radius 1 is 1.30 bits per heavy atom. The van der Waals surface area contributed by atoms with Crippen molar-refractivity contribution >= 4 is 33.2 Å². The quantitative estimate of drug-likeness (QED) is 0.690. The first kappa shape index (κ1) is 14.4. The Hall–Kier alpha value is -2.21. The fourth-order valence-corrected chi connectivity index (χ4v) is 4.22. The van der Waals surface area contributed by atoms with Crippen LogP contribution in [0.3, 0.4) is 0 Å². The van der Waals surface area contributed by atoms with Gasteiger partial charge in [-0.1, -0.05) is 0 Å². The summed E-state index contributed by atoms with van der Waals surface area (Å²) in [6, 6.07) is 2.05. The van der Waals surface area contributed by atoms with E-state index in [1.165, 1.54) is 4.88 Å². The summed E-state index contributed by atoms with van der Waals surface area (Å²) in [5.74, 6) is 0.808. The van der Waals surface area contributed by atoms with Gasteiger partial charge in [-0.15, -0.1) is 11.3 Å². The largest absolute Gasteiger partial charge is 0.292 e. The van der Waals surface area contributed by atoms with Crippen molar-refractivity contribution in [2.24, 2.45) is 7.05 Å². The third-order valence-corrected chi connectivity index (χ3v) is 5.64. The van der Waals surface area contributed by atoms with Gasteiger partial charge in [-0.25, -0.2) is 4.98 Å². The lowest BCUT2D eigenvalue weighted by atomic mass is 10.1. The standard InChI is InChI=1S/C17H18N4OS/c1-9-7-13(20(4)19-9)8-12-5-6-21-15(12)18-16-14(17(21)22)10(2)11(3)23-16/h7-8H,5-6H2,1-4H3. The van der Waals surface area contributed by atoms with E-state index in [1.54, 1.807) is 11.3 Å². The summed E-state index contributed by atoms with van der Waals surface area (Å²) in [5.41, 5.74) is 4.30. The summed E-state index contributed by atoms with van der Waals surface area (Å²) < 4.78 is 3.68. The van der Waals surface area contributed by atoms with Gasteiger partial charge in [0.25, 0.3) is 5.56 Å². The first-order valence-electron chi connectivity index (χ1n) is 7.68. The number of rotatable bonds is 1. The second kappa shape index (κ2) is 4.89. The maximum atomic E-state index is 12.8. The monoisotopic (exact) mass is 326 g/mol. The minimum atomic E-state index is 0.0939. The van der Waals surface area contributed by atoms with E-state index in [2.05, 4.69) is 11.2 Å². The van der Waals surface area contributed by atoms with Gasteiger partial charge in [0.15, 0.2) is 0 Å². The topological polar surface area (TPSA) is 52.7 Å². The molecule has 0 spiro atoms. The fourth-order valence-electron chi connectivity index (χ4n) is 3.20. The molecule has 1 aliphatic rings. The van der Waals surface area contributed by atoms with Gasteiger partial charge in [0.1, 0.15) is 10.7 Å². The highest BCUT2D eigenvalue weighted by Crippen LogP contribution is 2.31. The average Bonchev–Trinajstić information content (AvgIpc) is 3.11. The van der Waals surface area contributed by atoms with Crippen LogP contribution in [0.25, 0.3) is 21.9 Å². The molecule has 0 radical (unpaired) electrons. The van der Waals surface area contributed by atoms with Crippen LogP contribution in [0.15, 0.2) is 10.9 Å². The molecule has 6 heteroatoms. The first-order chi connectivity index (χ1) is 11.0. The van der Waals surface area contributed by atoms with Gasteiger partial charge in [-0.3, -0.25) is 14.0 Å². The van der Waals surface area contributed by atoms with Crippen LogP contribution in [0.4, 0.5) is 0 Å². The van der Waals surface area contributed by atoms with Crippen LogP contribution in [0.5, 0.6) is 0 Å². The minimum absolute atomic E-state index is 0.0939. The zero-order chi connectivity index (χ0) is 16.3. The molecule has 3 aromatic heterocycles. The summed E-state index contributed by atoms with van der Waals surface area (Å²) in [5, 5.41) is 5.16.